The van der Waals surface area contributed by atoms with Gasteiger partial charge in [0.1, 0.15) is 0 Å². The number of aliphatic imine (C=N–C) groups is 1. The third-order valence-corrected chi connectivity index (χ3v) is 2.91. The predicted octanol–water partition coefficient (Wildman–Crippen LogP) is 1.42. The fourth-order valence-electron chi connectivity index (χ4n) is 1.89. The van der Waals surface area contributed by atoms with E-state index in [-0.39, 0.29) is 5.91 Å². The molecule has 0 saturated heterocycles. The summed E-state index contributed by atoms with van der Waals surface area (Å²) in [5.74, 6) is 1.31. The molecule has 0 aromatic carbocycles. The molecule has 0 fully saturated rings. The van der Waals surface area contributed by atoms with Crippen molar-refractivity contribution in [3.05, 3.63) is 0 Å². The number of amidine groups is 1. The smallest absolute Gasteiger partial charge is 0.224 e. The van der Waals surface area contributed by atoms with Crippen LogP contribution in [0.1, 0.15) is 39.5 Å². The lowest BCUT2D eigenvalue weighted by molar-refractivity contribution is -0.130. The van der Waals surface area contributed by atoms with E-state index in [1.165, 1.54) is 12.8 Å². The maximum atomic E-state index is 11.7. The Kier molecular flexibility index (Phi) is 5.90. The minimum atomic E-state index is 0.230. The standard InChI is InChI=1S/C12H23N3O/c1-3-15(4-2)12(16)8-10-14-11-7-5-6-9-13-11/h3-10H2,1-2H3,(H,13,14). The largest absolute Gasteiger partial charge is 0.373 e. The average molecular weight is 225 g/mol. The van der Waals surface area contributed by atoms with E-state index in [0.717, 1.165) is 31.9 Å². The van der Waals surface area contributed by atoms with Gasteiger partial charge in [0.25, 0.3) is 0 Å². The average Bonchev–Trinajstić information content (AvgIpc) is 2.32. The van der Waals surface area contributed by atoms with Crippen molar-refractivity contribution >= 4 is 11.7 Å². The molecule has 4 heteroatoms. The van der Waals surface area contributed by atoms with Crippen molar-refractivity contribution in [3.63, 3.8) is 0 Å². The van der Waals surface area contributed by atoms with E-state index in [4.69, 9.17) is 0 Å². The van der Waals surface area contributed by atoms with E-state index < -0.39 is 0 Å². The molecule has 0 aromatic rings. The van der Waals surface area contributed by atoms with Crippen LogP contribution in [0.3, 0.4) is 0 Å². The van der Waals surface area contributed by atoms with E-state index in [0.29, 0.717) is 13.0 Å². The molecule has 0 atom stereocenters. The van der Waals surface area contributed by atoms with Crippen molar-refractivity contribution in [1.29, 1.82) is 0 Å². The molecule has 1 heterocycles. The van der Waals surface area contributed by atoms with Crippen molar-refractivity contribution in [1.82, 2.24) is 10.2 Å². The van der Waals surface area contributed by atoms with Gasteiger partial charge < -0.3 is 10.2 Å². The van der Waals surface area contributed by atoms with Crippen LogP contribution < -0.4 is 5.32 Å². The lowest BCUT2D eigenvalue weighted by Gasteiger charge is -2.19. The Labute approximate surface area is 98.1 Å². The summed E-state index contributed by atoms with van der Waals surface area (Å²) in [6.45, 7) is 7.28. The van der Waals surface area contributed by atoms with Crippen LogP contribution in [0.15, 0.2) is 4.99 Å². The van der Waals surface area contributed by atoms with Gasteiger partial charge in [0.2, 0.25) is 5.91 Å². The van der Waals surface area contributed by atoms with Gasteiger partial charge in [-0.15, -0.1) is 0 Å². The van der Waals surface area contributed by atoms with Crippen LogP contribution in [-0.2, 0) is 4.79 Å². The number of nitrogens with zero attached hydrogens (tertiary/aromatic N) is 2. The molecule has 16 heavy (non-hydrogen) atoms. The zero-order valence-corrected chi connectivity index (χ0v) is 10.5. The van der Waals surface area contributed by atoms with Crippen molar-refractivity contribution in [2.75, 3.05) is 26.2 Å². The number of amides is 1. The zero-order chi connectivity index (χ0) is 11.8. The molecule has 0 aromatic heterocycles. The minimum Gasteiger partial charge on any atom is -0.373 e. The molecule has 0 unspecified atom stereocenters. The summed E-state index contributed by atoms with van der Waals surface area (Å²) in [5, 5.41) is 3.26. The first-order valence-electron chi connectivity index (χ1n) is 6.32. The SMILES string of the molecule is CCN(CC)C(=O)CCNC1=NCCCC1. The van der Waals surface area contributed by atoms with Gasteiger partial charge in [-0.05, 0) is 26.7 Å². The normalized spacial score (nSPS) is 15.5. The summed E-state index contributed by atoms with van der Waals surface area (Å²) in [6, 6.07) is 0. The summed E-state index contributed by atoms with van der Waals surface area (Å²) in [4.78, 5) is 18.0. The van der Waals surface area contributed by atoms with Crippen LogP contribution in [0.2, 0.25) is 0 Å². The maximum Gasteiger partial charge on any atom is 0.224 e. The fourth-order valence-corrected chi connectivity index (χ4v) is 1.89. The molecule has 4 nitrogen and oxygen atoms in total. The third kappa shape index (κ3) is 4.21. The van der Waals surface area contributed by atoms with Crippen LogP contribution in [0.4, 0.5) is 0 Å². The molecule has 1 aliphatic heterocycles. The lowest BCUT2D eigenvalue weighted by Crippen LogP contribution is -2.34. The first-order valence-corrected chi connectivity index (χ1v) is 6.32. The number of hydrogen-bond donors (Lipinski definition) is 1. The van der Waals surface area contributed by atoms with Gasteiger partial charge in [0.05, 0.1) is 5.84 Å². The van der Waals surface area contributed by atoms with Gasteiger partial charge in [0, 0.05) is 39.0 Å². The third-order valence-electron chi connectivity index (χ3n) is 2.91. The Morgan fingerprint density at radius 3 is 2.69 bits per heavy atom. The van der Waals surface area contributed by atoms with Gasteiger partial charge in [-0.3, -0.25) is 9.79 Å². The number of carbonyl (C=O) groups is 1. The second-order valence-corrected chi connectivity index (χ2v) is 4.03. The summed E-state index contributed by atoms with van der Waals surface area (Å²) in [7, 11) is 0. The van der Waals surface area contributed by atoms with Crippen molar-refractivity contribution in [2.45, 2.75) is 39.5 Å². The highest BCUT2D eigenvalue weighted by Gasteiger charge is 2.09. The molecule has 0 aliphatic carbocycles. The van der Waals surface area contributed by atoms with Gasteiger partial charge in [-0.1, -0.05) is 0 Å². The number of rotatable bonds is 5. The van der Waals surface area contributed by atoms with Crippen LogP contribution in [-0.4, -0.2) is 42.8 Å². The molecule has 1 rings (SSSR count). The number of nitrogens with one attached hydrogen (secondary N) is 1. The van der Waals surface area contributed by atoms with Crippen LogP contribution in [0.25, 0.3) is 0 Å². The monoisotopic (exact) mass is 225 g/mol. The molecule has 0 spiro atoms. The highest BCUT2D eigenvalue weighted by atomic mass is 16.2. The fraction of sp³-hybridized carbons (Fsp3) is 0.833. The first kappa shape index (κ1) is 13.0. The van der Waals surface area contributed by atoms with E-state index >= 15 is 0 Å². The Hall–Kier alpha value is -1.06. The Morgan fingerprint density at radius 2 is 2.12 bits per heavy atom. The Balaban J connectivity index is 2.19. The van der Waals surface area contributed by atoms with Gasteiger partial charge in [-0.25, -0.2) is 0 Å². The predicted molar refractivity (Wildman–Crippen MR) is 66.7 cm³/mol. The first-order chi connectivity index (χ1) is 7.77. The van der Waals surface area contributed by atoms with Crippen molar-refractivity contribution in [3.8, 4) is 0 Å². The number of hydrogen-bond acceptors (Lipinski definition) is 3. The summed E-state index contributed by atoms with van der Waals surface area (Å²) < 4.78 is 0. The topological polar surface area (TPSA) is 44.7 Å². The van der Waals surface area contributed by atoms with Crippen LogP contribution >= 0.6 is 0 Å². The van der Waals surface area contributed by atoms with Crippen LogP contribution in [0.5, 0.6) is 0 Å². The van der Waals surface area contributed by atoms with E-state index in [1.807, 2.05) is 18.7 Å². The molecule has 0 radical (unpaired) electrons. The minimum absolute atomic E-state index is 0.230. The number of carbonyl (C=O) groups excluding carboxylic acids is 1. The van der Waals surface area contributed by atoms with Crippen molar-refractivity contribution < 1.29 is 4.79 Å². The molecular formula is C12H23N3O. The highest BCUT2D eigenvalue weighted by molar-refractivity contribution is 5.83. The Bertz CT molecular complexity index is 247. The second-order valence-electron chi connectivity index (χ2n) is 4.03. The molecule has 1 amide bonds. The van der Waals surface area contributed by atoms with Crippen LogP contribution in [0, 0.1) is 0 Å². The molecule has 1 aliphatic rings. The van der Waals surface area contributed by atoms with E-state index in [9.17, 15) is 4.79 Å². The summed E-state index contributed by atoms with van der Waals surface area (Å²) in [6.07, 6.45) is 4.03. The van der Waals surface area contributed by atoms with Gasteiger partial charge in [-0.2, -0.15) is 0 Å². The Morgan fingerprint density at radius 1 is 1.38 bits per heavy atom. The van der Waals surface area contributed by atoms with Gasteiger partial charge in [0.15, 0.2) is 0 Å². The van der Waals surface area contributed by atoms with Crippen molar-refractivity contribution in [2.24, 2.45) is 4.99 Å². The zero-order valence-electron chi connectivity index (χ0n) is 10.5. The summed E-state index contributed by atoms with van der Waals surface area (Å²) in [5.41, 5.74) is 0. The van der Waals surface area contributed by atoms with E-state index in [1.54, 1.807) is 0 Å². The van der Waals surface area contributed by atoms with E-state index in [2.05, 4.69) is 10.3 Å². The molecule has 0 saturated carbocycles. The highest BCUT2D eigenvalue weighted by Crippen LogP contribution is 2.03. The maximum absolute atomic E-state index is 11.7. The molecule has 1 N–H and O–H groups in total. The molecule has 0 bridgehead atoms. The molecular weight excluding hydrogens is 202 g/mol. The quantitative estimate of drug-likeness (QED) is 0.769. The summed E-state index contributed by atoms with van der Waals surface area (Å²) >= 11 is 0. The van der Waals surface area contributed by atoms with Gasteiger partial charge >= 0.3 is 0 Å². The molecule has 92 valence electrons. The second kappa shape index (κ2) is 7.25. The lowest BCUT2D eigenvalue weighted by atomic mass is 10.2.